The van der Waals surface area contributed by atoms with Gasteiger partial charge in [0.25, 0.3) is 5.54 Å². The van der Waals surface area contributed by atoms with E-state index in [4.69, 9.17) is 11.3 Å². The molecule has 0 bridgehead atoms. The lowest BCUT2D eigenvalue weighted by Crippen LogP contribution is -2.26. The van der Waals surface area contributed by atoms with Crippen LogP contribution >= 0.6 is 0 Å². The van der Waals surface area contributed by atoms with Crippen LogP contribution in [0, 0.1) is 18.4 Å². The third kappa shape index (κ3) is 2.15. The fourth-order valence-corrected chi connectivity index (χ4v) is 4.85. The van der Waals surface area contributed by atoms with Gasteiger partial charge < -0.3 is 9.58 Å². The zero-order valence-electron chi connectivity index (χ0n) is 14.3. The summed E-state index contributed by atoms with van der Waals surface area (Å²) in [5, 5.41) is 7.68. The van der Waals surface area contributed by atoms with Crippen LogP contribution in [0.15, 0.2) is 36.7 Å². The maximum absolute atomic E-state index is 12.2. The van der Waals surface area contributed by atoms with E-state index in [1.54, 1.807) is 22.0 Å². The van der Waals surface area contributed by atoms with Crippen LogP contribution < -0.4 is 4.90 Å². The Morgan fingerprint density at radius 1 is 1.27 bits per heavy atom. The molecule has 3 aliphatic rings. The summed E-state index contributed by atoms with van der Waals surface area (Å²) in [7, 11) is 0. The second kappa shape index (κ2) is 5.56. The van der Waals surface area contributed by atoms with Crippen molar-refractivity contribution in [3.05, 3.63) is 53.6 Å². The largest absolute Gasteiger partial charge is 0.442 e. The van der Waals surface area contributed by atoms with E-state index in [9.17, 15) is 4.79 Å². The van der Waals surface area contributed by atoms with Crippen molar-refractivity contribution >= 4 is 11.8 Å². The fourth-order valence-electron chi connectivity index (χ4n) is 4.85. The van der Waals surface area contributed by atoms with Gasteiger partial charge in [-0.15, -0.1) is 5.10 Å². The number of hydrogen-bond donors (Lipinski definition) is 0. The molecule has 1 amide bonds. The Hall–Kier alpha value is -2.88. The molecule has 2 saturated carbocycles. The maximum atomic E-state index is 12.2. The zero-order valence-corrected chi connectivity index (χ0v) is 14.3. The predicted octanol–water partition coefficient (Wildman–Crippen LogP) is 2.85. The highest BCUT2D eigenvalue weighted by atomic mass is 16.6. The van der Waals surface area contributed by atoms with Crippen molar-refractivity contribution in [3.8, 4) is 0 Å². The van der Waals surface area contributed by atoms with Gasteiger partial charge in [-0.2, -0.15) is 0 Å². The van der Waals surface area contributed by atoms with Crippen LogP contribution in [0.1, 0.15) is 24.8 Å². The molecular weight excluding hydrogens is 330 g/mol. The number of carbonyl (C=O) groups excluding carboxylic acids is 1. The monoisotopic (exact) mass is 349 g/mol. The zero-order chi connectivity index (χ0) is 17.7. The first-order chi connectivity index (χ1) is 12.7. The van der Waals surface area contributed by atoms with E-state index >= 15 is 0 Å². The number of hydrogen-bond acceptors (Lipinski definition) is 4. The van der Waals surface area contributed by atoms with Crippen LogP contribution in [-0.2, 0) is 16.8 Å². The van der Waals surface area contributed by atoms with Crippen molar-refractivity contribution in [2.75, 3.05) is 11.4 Å². The van der Waals surface area contributed by atoms with Crippen LogP contribution in [0.5, 0.6) is 0 Å². The smallest absolute Gasteiger partial charge is 0.414 e. The topological polar surface area (TPSA) is 64.6 Å². The lowest BCUT2D eigenvalue weighted by Gasteiger charge is -2.15. The summed E-state index contributed by atoms with van der Waals surface area (Å²) >= 11 is 0. The van der Waals surface area contributed by atoms with Gasteiger partial charge in [0.05, 0.1) is 31.1 Å². The Morgan fingerprint density at radius 3 is 2.69 bits per heavy atom. The van der Waals surface area contributed by atoms with E-state index in [2.05, 4.69) is 15.2 Å². The molecule has 26 heavy (non-hydrogen) atoms. The lowest BCUT2D eigenvalue weighted by atomic mass is 9.96. The SMILES string of the molecule is [C-]#[N+]C1(c2ccc(N3C[C@H](Cn4ccnn4)OC3=O)cc2)[C@@H]2CCC[C@@H]21. The number of ether oxygens (including phenoxy) is 1. The third-order valence-corrected chi connectivity index (χ3v) is 6.10. The average Bonchev–Trinajstić information content (AvgIpc) is 3.19. The molecule has 5 rings (SSSR count). The number of carbonyl (C=O) groups is 1. The number of aromatic nitrogens is 3. The summed E-state index contributed by atoms with van der Waals surface area (Å²) in [6.07, 6.45) is 6.34. The van der Waals surface area contributed by atoms with Gasteiger partial charge in [0.2, 0.25) is 0 Å². The lowest BCUT2D eigenvalue weighted by molar-refractivity contribution is 0.129. The van der Waals surface area contributed by atoms with Gasteiger partial charge in [-0.05, 0) is 37.1 Å². The quantitative estimate of drug-likeness (QED) is 0.796. The van der Waals surface area contributed by atoms with E-state index in [1.165, 1.54) is 6.42 Å². The van der Waals surface area contributed by atoms with Crippen molar-refractivity contribution < 1.29 is 9.53 Å². The molecular formula is C19H19N5O2. The first-order valence-corrected chi connectivity index (χ1v) is 9.04. The van der Waals surface area contributed by atoms with Crippen molar-refractivity contribution in [2.45, 2.75) is 37.5 Å². The Bertz CT molecular complexity index is 860. The molecule has 1 aromatic heterocycles. The van der Waals surface area contributed by atoms with Gasteiger partial charge in [-0.25, -0.2) is 16.0 Å². The fraction of sp³-hybridized carbons (Fsp3) is 0.474. The summed E-state index contributed by atoms with van der Waals surface area (Å²) < 4.78 is 7.11. The van der Waals surface area contributed by atoms with Gasteiger partial charge in [0.1, 0.15) is 6.10 Å². The number of nitrogens with zero attached hydrogens (tertiary/aromatic N) is 5. The Labute approximate surface area is 151 Å². The van der Waals surface area contributed by atoms with E-state index in [-0.39, 0.29) is 17.7 Å². The van der Waals surface area contributed by atoms with Crippen LogP contribution in [0.25, 0.3) is 4.85 Å². The summed E-state index contributed by atoms with van der Waals surface area (Å²) in [5.74, 6) is 1.05. The van der Waals surface area contributed by atoms with E-state index in [1.807, 2.05) is 24.3 Å². The predicted molar refractivity (Wildman–Crippen MR) is 93.2 cm³/mol. The molecule has 132 valence electrons. The number of benzene rings is 1. The molecule has 2 aliphatic carbocycles. The third-order valence-electron chi connectivity index (χ3n) is 6.10. The molecule has 1 unspecified atom stereocenters. The Morgan fingerprint density at radius 2 is 2.04 bits per heavy atom. The second-order valence-electron chi connectivity index (χ2n) is 7.37. The minimum Gasteiger partial charge on any atom is -0.442 e. The van der Waals surface area contributed by atoms with Crippen molar-refractivity contribution in [1.29, 1.82) is 0 Å². The minimum atomic E-state index is -0.342. The first-order valence-electron chi connectivity index (χ1n) is 9.04. The van der Waals surface area contributed by atoms with Crippen LogP contribution in [0.2, 0.25) is 0 Å². The summed E-state index contributed by atoms with van der Waals surface area (Å²) in [6.45, 7) is 8.68. The maximum Gasteiger partial charge on any atom is 0.414 e. The van der Waals surface area contributed by atoms with Gasteiger partial charge in [0.15, 0.2) is 0 Å². The standard InChI is InChI=1S/C19H19N5O2/c1-20-19(16-3-2-4-17(16)19)13-5-7-14(8-6-13)24-12-15(26-18(24)25)11-23-10-9-21-22-23/h5-10,15-17H,2-4,11-12H2/t15-,16-,17+,19?/m0/s1. The highest BCUT2D eigenvalue weighted by Gasteiger charge is 2.74. The van der Waals surface area contributed by atoms with Gasteiger partial charge in [-0.3, -0.25) is 4.90 Å². The molecule has 2 heterocycles. The number of amides is 1. The molecule has 1 aromatic carbocycles. The van der Waals surface area contributed by atoms with Gasteiger partial charge >= 0.3 is 6.09 Å². The van der Waals surface area contributed by atoms with Gasteiger partial charge in [-0.1, -0.05) is 11.6 Å². The highest BCUT2D eigenvalue weighted by molar-refractivity contribution is 5.89. The van der Waals surface area contributed by atoms with Crippen molar-refractivity contribution in [3.63, 3.8) is 0 Å². The summed E-state index contributed by atoms with van der Waals surface area (Å²) in [6, 6.07) is 7.91. The molecule has 0 spiro atoms. The Balaban J connectivity index is 1.32. The molecule has 1 aliphatic heterocycles. The summed E-state index contributed by atoms with van der Waals surface area (Å²) in [4.78, 5) is 17.9. The minimum absolute atomic E-state index is 0.249. The van der Waals surface area contributed by atoms with Crippen molar-refractivity contribution in [1.82, 2.24) is 15.0 Å². The molecule has 0 radical (unpaired) electrons. The van der Waals surface area contributed by atoms with Crippen LogP contribution in [0.4, 0.5) is 10.5 Å². The van der Waals surface area contributed by atoms with Crippen LogP contribution in [-0.4, -0.2) is 33.7 Å². The van der Waals surface area contributed by atoms with Crippen molar-refractivity contribution in [2.24, 2.45) is 11.8 Å². The van der Waals surface area contributed by atoms with E-state index in [0.717, 1.165) is 24.1 Å². The number of anilines is 1. The average molecular weight is 349 g/mol. The second-order valence-corrected chi connectivity index (χ2v) is 7.37. The number of rotatable bonds is 4. The first kappa shape index (κ1) is 15.4. The molecule has 7 nitrogen and oxygen atoms in total. The number of fused-ring (bicyclic) bond motifs is 1. The number of cyclic esters (lactones) is 1. The van der Waals surface area contributed by atoms with E-state index < -0.39 is 0 Å². The molecule has 7 heteroatoms. The summed E-state index contributed by atoms with van der Waals surface area (Å²) in [5.41, 5.74) is 1.60. The van der Waals surface area contributed by atoms with Crippen LogP contribution in [0.3, 0.4) is 0 Å². The molecule has 4 atom stereocenters. The Kier molecular flexibility index (Phi) is 3.29. The van der Waals surface area contributed by atoms with E-state index in [0.29, 0.717) is 24.9 Å². The highest BCUT2D eigenvalue weighted by Crippen LogP contribution is 2.68. The molecule has 2 aromatic rings. The molecule has 1 saturated heterocycles. The van der Waals surface area contributed by atoms with Gasteiger partial charge in [0, 0.05) is 17.4 Å². The molecule has 3 fully saturated rings. The molecule has 0 N–H and O–H groups in total. The normalized spacial score (nSPS) is 32.2.